The van der Waals surface area contributed by atoms with Gasteiger partial charge in [-0.25, -0.2) is 9.36 Å². The Morgan fingerprint density at radius 1 is 1.29 bits per heavy atom. The maximum atomic E-state index is 12.1. The highest BCUT2D eigenvalue weighted by Gasteiger charge is 2.14. The van der Waals surface area contributed by atoms with Crippen LogP contribution >= 0.6 is 0 Å². The number of hydrogen-bond donors (Lipinski definition) is 3. The van der Waals surface area contributed by atoms with Gasteiger partial charge in [-0.05, 0) is 37.0 Å². The molecule has 0 atom stereocenters. The fourth-order valence-electron chi connectivity index (χ4n) is 2.40. The van der Waals surface area contributed by atoms with Crippen LogP contribution in [0.15, 0.2) is 34.2 Å². The molecule has 8 nitrogen and oxygen atoms in total. The van der Waals surface area contributed by atoms with Crippen molar-refractivity contribution in [2.24, 2.45) is 5.18 Å². The molecule has 2 rings (SSSR count). The minimum absolute atomic E-state index is 0.0633. The highest BCUT2D eigenvalue weighted by molar-refractivity contribution is 5.72. The predicted molar refractivity (Wildman–Crippen MR) is 89.2 cm³/mol. The van der Waals surface area contributed by atoms with Crippen molar-refractivity contribution in [1.82, 2.24) is 14.9 Å². The smallest absolute Gasteiger partial charge is 0.333 e. The summed E-state index contributed by atoms with van der Waals surface area (Å²) in [5.41, 5.74) is 1.27. The van der Waals surface area contributed by atoms with Gasteiger partial charge >= 0.3 is 5.69 Å². The van der Waals surface area contributed by atoms with Crippen LogP contribution in [-0.2, 0) is 17.8 Å². The van der Waals surface area contributed by atoms with E-state index in [0.717, 1.165) is 18.4 Å². The van der Waals surface area contributed by atoms with E-state index in [0.29, 0.717) is 24.3 Å². The molecule has 8 heteroatoms. The first kappa shape index (κ1) is 17.5. The quantitative estimate of drug-likeness (QED) is 0.503. The maximum Gasteiger partial charge on any atom is 0.333 e. The summed E-state index contributed by atoms with van der Waals surface area (Å²) in [6.07, 6.45) is 1.97. The Bertz CT molecular complexity index is 761. The molecule has 2 aromatic rings. The van der Waals surface area contributed by atoms with Crippen molar-refractivity contribution in [1.29, 1.82) is 0 Å². The van der Waals surface area contributed by atoms with Gasteiger partial charge in [-0.15, -0.1) is 0 Å². The van der Waals surface area contributed by atoms with Crippen molar-refractivity contribution in [3.63, 3.8) is 0 Å². The number of unbranched alkanes of at least 4 members (excludes halogenated alkanes) is 1. The fraction of sp³-hybridized carbons (Fsp3) is 0.375. The number of nitrogens with one attached hydrogen (secondary N) is 2. The molecule has 128 valence electrons. The lowest BCUT2D eigenvalue weighted by Crippen LogP contribution is -2.20. The molecule has 0 aliphatic carbocycles. The second-order valence-electron chi connectivity index (χ2n) is 5.46. The summed E-state index contributed by atoms with van der Waals surface area (Å²) in [6.45, 7) is 2.08. The number of carbonyl (C=O) groups excluding carboxylic acids is 1. The molecule has 24 heavy (non-hydrogen) atoms. The normalized spacial score (nSPS) is 10.5. The number of benzene rings is 1. The van der Waals surface area contributed by atoms with E-state index in [1.54, 1.807) is 24.3 Å². The lowest BCUT2D eigenvalue weighted by atomic mass is 10.2. The molecule has 0 saturated heterocycles. The van der Waals surface area contributed by atoms with Crippen LogP contribution in [0.5, 0.6) is 5.88 Å². The molecule has 0 unspecified atom stereocenters. The molecule has 1 heterocycles. The number of nitroso groups, excluding NO2 is 1. The van der Waals surface area contributed by atoms with E-state index in [1.165, 1.54) is 11.5 Å². The van der Waals surface area contributed by atoms with Crippen LogP contribution in [0.2, 0.25) is 0 Å². The third-order valence-corrected chi connectivity index (χ3v) is 3.61. The monoisotopic (exact) mass is 332 g/mol. The number of aromatic nitrogens is 2. The van der Waals surface area contributed by atoms with Crippen LogP contribution in [0.4, 0.5) is 0 Å². The summed E-state index contributed by atoms with van der Waals surface area (Å²) in [5.74, 6) is -0.202. The Morgan fingerprint density at radius 2 is 2.00 bits per heavy atom. The number of aryl methyl sites for hydroxylation is 1. The van der Waals surface area contributed by atoms with Crippen molar-refractivity contribution in [2.75, 3.05) is 6.54 Å². The number of nitrogens with zero attached hydrogens (tertiary/aromatic N) is 2. The number of carbonyl (C=O) groups is 1. The van der Waals surface area contributed by atoms with E-state index >= 15 is 0 Å². The van der Waals surface area contributed by atoms with Gasteiger partial charge in [-0.1, -0.05) is 17.3 Å². The van der Waals surface area contributed by atoms with Crippen LogP contribution in [0, 0.1) is 4.91 Å². The first-order chi connectivity index (χ1) is 11.5. The zero-order valence-electron chi connectivity index (χ0n) is 13.4. The average Bonchev–Trinajstić information content (AvgIpc) is 2.82. The van der Waals surface area contributed by atoms with Crippen molar-refractivity contribution in [2.45, 2.75) is 32.7 Å². The van der Waals surface area contributed by atoms with Gasteiger partial charge in [0.05, 0.1) is 11.4 Å². The van der Waals surface area contributed by atoms with Crippen LogP contribution in [0.25, 0.3) is 5.69 Å². The van der Waals surface area contributed by atoms with Gasteiger partial charge in [-0.2, -0.15) is 4.91 Å². The second kappa shape index (κ2) is 8.09. The second-order valence-corrected chi connectivity index (χ2v) is 5.46. The van der Waals surface area contributed by atoms with Crippen LogP contribution in [0.3, 0.4) is 0 Å². The number of rotatable bonds is 8. The van der Waals surface area contributed by atoms with Crippen LogP contribution in [0.1, 0.15) is 31.0 Å². The van der Waals surface area contributed by atoms with Gasteiger partial charge < -0.3 is 15.4 Å². The van der Waals surface area contributed by atoms with E-state index in [4.69, 9.17) is 0 Å². The largest absolute Gasteiger partial charge is 0.493 e. The maximum absolute atomic E-state index is 12.1. The van der Waals surface area contributed by atoms with Gasteiger partial charge in [0, 0.05) is 13.5 Å². The van der Waals surface area contributed by atoms with Crippen LogP contribution < -0.4 is 11.0 Å². The predicted octanol–water partition coefficient (Wildman–Crippen LogP) is 1.60. The third-order valence-electron chi connectivity index (χ3n) is 3.61. The summed E-state index contributed by atoms with van der Waals surface area (Å²) >= 11 is 0. The Kier molecular flexibility index (Phi) is 5.89. The topological polar surface area (TPSA) is 117 Å². The zero-order valence-corrected chi connectivity index (χ0v) is 13.4. The summed E-state index contributed by atoms with van der Waals surface area (Å²) < 4.78 is 1.18. The van der Waals surface area contributed by atoms with E-state index in [1.807, 2.05) is 0 Å². The Labute approximate surface area is 138 Å². The first-order valence-corrected chi connectivity index (χ1v) is 7.68. The fourth-order valence-corrected chi connectivity index (χ4v) is 2.40. The van der Waals surface area contributed by atoms with E-state index < -0.39 is 5.69 Å². The number of amides is 1. The molecule has 0 saturated carbocycles. The Hall–Kier alpha value is -2.90. The standard InChI is InChI=1S/C16H20N4O4/c1-11(21)17-9-3-2-4-14-15(22)20(16(23)19-14)13-7-5-12(6-8-13)10-18-24/h5-8,22H,2-4,9-10H2,1H3,(H,17,21)(H,19,23). The van der Waals surface area contributed by atoms with Gasteiger partial charge in [0.1, 0.15) is 6.54 Å². The third kappa shape index (κ3) is 4.31. The number of aromatic hydroxyl groups is 1. The molecule has 0 aliphatic rings. The molecule has 0 bridgehead atoms. The minimum Gasteiger partial charge on any atom is -0.493 e. The number of hydrogen-bond acceptors (Lipinski definition) is 5. The lowest BCUT2D eigenvalue weighted by molar-refractivity contribution is -0.118. The average molecular weight is 332 g/mol. The summed E-state index contributed by atoms with van der Waals surface area (Å²) in [7, 11) is 0. The molecular weight excluding hydrogens is 312 g/mol. The van der Waals surface area contributed by atoms with Crippen molar-refractivity contribution in [3.05, 3.63) is 50.9 Å². The molecule has 1 aromatic carbocycles. The molecule has 1 aromatic heterocycles. The molecule has 0 spiro atoms. The van der Waals surface area contributed by atoms with Gasteiger partial charge in [0.25, 0.3) is 0 Å². The van der Waals surface area contributed by atoms with Crippen LogP contribution in [-0.4, -0.2) is 27.1 Å². The number of aromatic amines is 1. The molecule has 0 aliphatic heterocycles. The van der Waals surface area contributed by atoms with E-state index in [9.17, 15) is 19.6 Å². The molecular formula is C16H20N4O4. The summed E-state index contributed by atoms with van der Waals surface area (Å²) in [6, 6.07) is 6.66. The summed E-state index contributed by atoms with van der Waals surface area (Å²) in [5, 5.41) is 15.8. The number of H-pyrrole nitrogens is 1. The number of imidazole rings is 1. The zero-order chi connectivity index (χ0) is 17.5. The van der Waals surface area contributed by atoms with Gasteiger partial charge in [0.15, 0.2) is 0 Å². The Morgan fingerprint density at radius 3 is 2.62 bits per heavy atom. The van der Waals surface area contributed by atoms with Gasteiger partial charge in [0.2, 0.25) is 11.8 Å². The Balaban J connectivity index is 2.06. The SMILES string of the molecule is CC(=O)NCCCCc1[nH]c(=O)n(-c2ccc(CN=O)cc2)c1O. The molecule has 3 N–H and O–H groups in total. The lowest BCUT2D eigenvalue weighted by Gasteiger charge is -2.05. The van der Waals surface area contributed by atoms with Crippen molar-refractivity contribution >= 4 is 5.91 Å². The van der Waals surface area contributed by atoms with Gasteiger partial charge in [-0.3, -0.25) is 4.79 Å². The highest BCUT2D eigenvalue weighted by atomic mass is 16.3. The van der Waals surface area contributed by atoms with Crippen molar-refractivity contribution in [3.8, 4) is 11.6 Å². The molecule has 1 amide bonds. The summed E-state index contributed by atoms with van der Waals surface area (Å²) in [4.78, 5) is 35.8. The first-order valence-electron chi connectivity index (χ1n) is 7.68. The highest BCUT2D eigenvalue weighted by Crippen LogP contribution is 2.20. The van der Waals surface area contributed by atoms with Crippen molar-refractivity contribution < 1.29 is 9.90 Å². The van der Waals surface area contributed by atoms with E-state index in [2.05, 4.69) is 15.5 Å². The molecule has 0 fully saturated rings. The van der Waals surface area contributed by atoms with E-state index in [-0.39, 0.29) is 18.3 Å². The minimum atomic E-state index is -0.425. The molecule has 0 radical (unpaired) electrons.